The molecule has 0 aliphatic heterocycles. The van der Waals surface area contributed by atoms with Crippen LogP contribution in [-0.2, 0) is 0 Å². The maximum atomic E-state index is 4.56. The molecule has 0 amide bonds. The topological polar surface area (TPSA) is 33.4 Å². The summed E-state index contributed by atoms with van der Waals surface area (Å²) in [5.41, 5.74) is 0.899. The summed E-state index contributed by atoms with van der Waals surface area (Å²) in [7, 11) is 2.08. The average molecular weight is 311 g/mol. The van der Waals surface area contributed by atoms with Crippen molar-refractivity contribution >= 4 is 27.4 Å². The van der Waals surface area contributed by atoms with E-state index in [-0.39, 0.29) is 0 Å². The highest BCUT2D eigenvalue weighted by atomic mass is 79.9. The lowest BCUT2D eigenvalue weighted by molar-refractivity contribution is 0.502. The van der Waals surface area contributed by atoms with Crippen LogP contribution in [-0.4, -0.2) is 27.5 Å². The van der Waals surface area contributed by atoms with E-state index in [0.29, 0.717) is 12.0 Å². The van der Waals surface area contributed by atoms with Crippen LogP contribution in [0.1, 0.15) is 27.2 Å². The Labute approximate surface area is 116 Å². The van der Waals surface area contributed by atoms with Crippen LogP contribution in [0.25, 0.3) is 5.65 Å². The molecule has 1 atom stereocenters. The third kappa shape index (κ3) is 2.66. The van der Waals surface area contributed by atoms with Gasteiger partial charge >= 0.3 is 0 Å². The second-order valence-corrected chi connectivity index (χ2v) is 5.95. The van der Waals surface area contributed by atoms with Crippen LogP contribution in [0.15, 0.2) is 23.2 Å². The first-order valence-electron chi connectivity index (χ1n) is 6.21. The first-order chi connectivity index (χ1) is 8.49. The summed E-state index contributed by atoms with van der Waals surface area (Å²) in [5.74, 6) is 1.59. The van der Waals surface area contributed by atoms with Gasteiger partial charge in [-0.3, -0.25) is 0 Å². The largest absolute Gasteiger partial charge is 0.354 e. The van der Waals surface area contributed by atoms with Crippen molar-refractivity contribution in [1.29, 1.82) is 0 Å². The van der Waals surface area contributed by atoms with E-state index in [1.807, 2.05) is 16.8 Å². The molecule has 0 spiro atoms. The molecular weight excluding hydrogens is 292 g/mol. The molecule has 2 rings (SSSR count). The van der Waals surface area contributed by atoms with Crippen LogP contribution in [0.4, 0.5) is 5.82 Å². The Hall–Kier alpha value is -1.10. The number of hydrogen-bond donors (Lipinski definition) is 0. The molecule has 0 bridgehead atoms. The SMILES string of the molecule is CC(C)CC(C)N(C)c1nc(Br)cn2ccnc12. The maximum absolute atomic E-state index is 4.56. The van der Waals surface area contributed by atoms with Crippen molar-refractivity contribution in [3.05, 3.63) is 23.2 Å². The molecule has 2 aromatic heterocycles. The summed E-state index contributed by atoms with van der Waals surface area (Å²) in [6, 6.07) is 0.437. The number of rotatable bonds is 4. The van der Waals surface area contributed by atoms with E-state index in [2.05, 4.69) is 58.6 Å². The first-order valence-corrected chi connectivity index (χ1v) is 7.00. The minimum atomic E-state index is 0.437. The zero-order valence-electron chi connectivity index (χ0n) is 11.3. The standard InChI is InChI=1S/C13H19BrN4/c1-9(2)7-10(3)17(4)13-12-15-5-6-18(12)8-11(14)16-13/h5-6,8-10H,7H2,1-4H3. The fourth-order valence-corrected chi connectivity index (χ4v) is 2.56. The molecule has 0 saturated heterocycles. The van der Waals surface area contributed by atoms with E-state index in [0.717, 1.165) is 22.5 Å². The lowest BCUT2D eigenvalue weighted by Gasteiger charge is -2.27. The van der Waals surface area contributed by atoms with Gasteiger partial charge in [0.25, 0.3) is 0 Å². The highest BCUT2D eigenvalue weighted by Crippen LogP contribution is 2.23. The smallest absolute Gasteiger partial charge is 0.180 e. The molecule has 0 fully saturated rings. The van der Waals surface area contributed by atoms with Crippen molar-refractivity contribution in [1.82, 2.24) is 14.4 Å². The number of halogens is 1. The number of anilines is 1. The molecular formula is C13H19BrN4. The van der Waals surface area contributed by atoms with Crippen LogP contribution in [0.2, 0.25) is 0 Å². The second kappa shape index (κ2) is 5.26. The molecule has 2 aromatic rings. The molecule has 0 radical (unpaired) electrons. The molecule has 0 aliphatic rings. The Morgan fingerprint density at radius 3 is 2.78 bits per heavy atom. The Kier molecular flexibility index (Phi) is 3.90. The van der Waals surface area contributed by atoms with E-state index in [9.17, 15) is 0 Å². The van der Waals surface area contributed by atoms with Crippen molar-refractivity contribution in [2.45, 2.75) is 33.2 Å². The first kappa shape index (κ1) is 13.3. The van der Waals surface area contributed by atoms with Crippen LogP contribution in [0.5, 0.6) is 0 Å². The zero-order chi connectivity index (χ0) is 13.3. The van der Waals surface area contributed by atoms with Gasteiger partial charge in [0.05, 0.1) is 0 Å². The van der Waals surface area contributed by atoms with E-state index in [4.69, 9.17) is 0 Å². The molecule has 0 N–H and O–H groups in total. The van der Waals surface area contributed by atoms with Gasteiger partial charge in [-0.2, -0.15) is 0 Å². The number of imidazole rings is 1. The molecule has 0 aromatic carbocycles. The van der Waals surface area contributed by atoms with Crippen molar-refractivity contribution in [2.75, 3.05) is 11.9 Å². The minimum absolute atomic E-state index is 0.437. The molecule has 98 valence electrons. The van der Waals surface area contributed by atoms with E-state index in [1.54, 1.807) is 6.20 Å². The van der Waals surface area contributed by atoms with Gasteiger partial charge in [-0.15, -0.1) is 0 Å². The summed E-state index contributed by atoms with van der Waals surface area (Å²) in [6.45, 7) is 6.70. The molecule has 2 heterocycles. The molecule has 0 aliphatic carbocycles. The fraction of sp³-hybridized carbons (Fsp3) is 0.538. The third-order valence-electron chi connectivity index (χ3n) is 3.13. The summed E-state index contributed by atoms with van der Waals surface area (Å²) in [4.78, 5) is 11.1. The normalized spacial score (nSPS) is 13.2. The van der Waals surface area contributed by atoms with Gasteiger partial charge in [-0.25, -0.2) is 9.97 Å². The Balaban J connectivity index is 2.37. The van der Waals surface area contributed by atoms with Gasteiger partial charge in [0.15, 0.2) is 11.5 Å². The lowest BCUT2D eigenvalue weighted by atomic mass is 10.0. The van der Waals surface area contributed by atoms with Crippen LogP contribution >= 0.6 is 15.9 Å². The summed E-state index contributed by atoms with van der Waals surface area (Å²) >= 11 is 3.45. The number of nitrogens with zero attached hydrogens (tertiary/aromatic N) is 4. The van der Waals surface area contributed by atoms with Gasteiger partial charge in [0.2, 0.25) is 0 Å². The van der Waals surface area contributed by atoms with Gasteiger partial charge in [-0.05, 0) is 35.2 Å². The number of aromatic nitrogens is 3. The fourth-order valence-electron chi connectivity index (χ4n) is 2.17. The third-order valence-corrected chi connectivity index (χ3v) is 3.52. The van der Waals surface area contributed by atoms with Crippen molar-refractivity contribution in [2.24, 2.45) is 5.92 Å². The predicted molar refractivity (Wildman–Crippen MR) is 78.0 cm³/mol. The van der Waals surface area contributed by atoms with Crippen molar-refractivity contribution < 1.29 is 0 Å². The Morgan fingerprint density at radius 2 is 2.11 bits per heavy atom. The van der Waals surface area contributed by atoms with E-state index in [1.165, 1.54) is 0 Å². The molecule has 18 heavy (non-hydrogen) atoms. The van der Waals surface area contributed by atoms with Gasteiger partial charge in [0.1, 0.15) is 4.60 Å². The van der Waals surface area contributed by atoms with Crippen LogP contribution in [0, 0.1) is 5.92 Å². The summed E-state index contributed by atoms with van der Waals surface area (Å²) in [5, 5.41) is 0. The molecule has 5 heteroatoms. The van der Waals surface area contributed by atoms with Gasteiger partial charge in [0, 0.05) is 31.7 Å². The highest BCUT2D eigenvalue weighted by Gasteiger charge is 2.17. The van der Waals surface area contributed by atoms with Gasteiger partial charge < -0.3 is 9.30 Å². The minimum Gasteiger partial charge on any atom is -0.354 e. The highest BCUT2D eigenvalue weighted by molar-refractivity contribution is 9.10. The van der Waals surface area contributed by atoms with E-state index >= 15 is 0 Å². The monoisotopic (exact) mass is 310 g/mol. The average Bonchev–Trinajstić information content (AvgIpc) is 2.73. The second-order valence-electron chi connectivity index (χ2n) is 5.13. The Morgan fingerprint density at radius 1 is 1.39 bits per heavy atom. The Bertz CT molecular complexity index is 535. The lowest BCUT2D eigenvalue weighted by Crippen LogP contribution is -2.31. The summed E-state index contributed by atoms with van der Waals surface area (Å²) < 4.78 is 2.82. The van der Waals surface area contributed by atoms with Crippen LogP contribution in [0.3, 0.4) is 0 Å². The summed E-state index contributed by atoms with van der Waals surface area (Å²) in [6.07, 6.45) is 6.80. The van der Waals surface area contributed by atoms with Gasteiger partial charge in [-0.1, -0.05) is 13.8 Å². The van der Waals surface area contributed by atoms with Crippen molar-refractivity contribution in [3.8, 4) is 0 Å². The maximum Gasteiger partial charge on any atom is 0.180 e. The van der Waals surface area contributed by atoms with Crippen molar-refractivity contribution in [3.63, 3.8) is 0 Å². The van der Waals surface area contributed by atoms with Crippen LogP contribution < -0.4 is 4.90 Å². The molecule has 0 saturated carbocycles. The molecule has 1 unspecified atom stereocenters. The number of fused-ring (bicyclic) bond motifs is 1. The predicted octanol–water partition coefficient (Wildman–Crippen LogP) is 3.36. The zero-order valence-corrected chi connectivity index (χ0v) is 12.8. The molecule has 4 nitrogen and oxygen atoms in total. The number of hydrogen-bond acceptors (Lipinski definition) is 3. The quantitative estimate of drug-likeness (QED) is 0.868. The van der Waals surface area contributed by atoms with E-state index < -0.39 is 0 Å².